The fourth-order valence-electron chi connectivity index (χ4n) is 3.03. The zero-order chi connectivity index (χ0) is 15.1. The Hall–Kier alpha value is -2.24. The van der Waals surface area contributed by atoms with E-state index in [1.165, 1.54) is 25.7 Å². The summed E-state index contributed by atoms with van der Waals surface area (Å²) in [5.41, 5.74) is 0.285. The van der Waals surface area contributed by atoms with Gasteiger partial charge in [0.25, 0.3) is 5.56 Å². The minimum atomic E-state index is -0.268. The lowest BCUT2D eigenvalue weighted by Gasteiger charge is -2.17. The summed E-state index contributed by atoms with van der Waals surface area (Å²) in [6.07, 6.45) is 4.82. The van der Waals surface area contributed by atoms with Gasteiger partial charge >= 0.3 is 0 Å². The molecule has 1 amide bonds. The average Bonchev–Trinajstić information content (AvgIpc) is 3.40. The number of amides is 1. The van der Waals surface area contributed by atoms with E-state index in [1.807, 2.05) is 6.07 Å². The smallest absolute Gasteiger partial charge is 0.278 e. The summed E-state index contributed by atoms with van der Waals surface area (Å²) in [6, 6.07) is 7.33. The van der Waals surface area contributed by atoms with Gasteiger partial charge in [-0.2, -0.15) is 0 Å². The van der Waals surface area contributed by atoms with Crippen molar-refractivity contribution in [2.45, 2.75) is 38.3 Å². The van der Waals surface area contributed by atoms with E-state index in [0.717, 1.165) is 4.68 Å². The molecule has 114 valence electrons. The number of hydrogen-bond acceptors (Lipinski definition) is 4. The number of carbonyl (C=O) groups excluding carboxylic acids is 1. The maximum atomic E-state index is 12.3. The topological polar surface area (TPSA) is 76.9 Å². The Morgan fingerprint density at radius 2 is 1.91 bits per heavy atom. The molecular formula is C16H18N4O2. The van der Waals surface area contributed by atoms with E-state index in [-0.39, 0.29) is 24.1 Å². The van der Waals surface area contributed by atoms with E-state index in [1.54, 1.807) is 18.2 Å². The highest BCUT2D eigenvalue weighted by molar-refractivity contribution is 5.78. The van der Waals surface area contributed by atoms with Crippen LogP contribution in [0.5, 0.6) is 0 Å². The van der Waals surface area contributed by atoms with Crippen molar-refractivity contribution in [3.05, 3.63) is 34.6 Å². The molecule has 1 heterocycles. The molecule has 0 radical (unpaired) electrons. The Bertz CT molecular complexity index is 765. The number of rotatable bonds is 5. The first-order valence-electron chi connectivity index (χ1n) is 7.84. The van der Waals surface area contributed by atoms with Crippen LogP contribution in [-0.2, 0) is 11.3 Å². The van der Waals surface area contributed by atoms with Crippen LogP contribution in [0.4, 0.5) is 0 Å². The number of nitrogens with zero attached hydrogens (tertiary/aromatic N) is 3. The first-order chi connectivity index (χ1) is 10.7. The standard InChI is InChI=1S/C16H18N4O2/c21-14(17-15(10-5-6-10)11-7-8-11)9-20-16(22)12-3-1-2-4-13(12)18-19-20/h1-4,10-11,15H,5-9H2,(H,17,21). The van der Waals surface area contributed by atoms with Gasteiger partial charge in [-0.05, 0) is 49.7 Å². The monoisotopic (exact) mass is 298 g/mol. The van der Waals surface area contributed by atoms with E-state index in [0.29, 0.717) is 22.7 Å². The Morgan fingerprint density at radius 3 is 2.59 bits per heavy atom. The van der Waals surface area contributed by atoms with E-state index >= 15 is 0 Å². The molecule has 2 aliphatic rings. The van der Waals surface area contributed by atoms with Crippen LogP contribution >= 0.6 is 0 Å². The second-order valence-electron chi connectivity index (χ2n) is 6.34. The van der Waals surface area contributed by atoms with Gasteiger partial charge in [-0.25, -0.2) is 4.68 Å². The summed E-state index contributed by atoms with van der Waals surface area (Å²) >= 11 is 0. The van der Waals surface area contributed by atoms with E-state index in [9.17, 15) is 9.59 Å². The van der Waals surface area contributed by atoms with Gasteiger partial charge in [-0.1, -0.05) is 17.3 Å². The quantitative estimate of drug-likeness (QED) is 0.896. The highest BCUT2D eigenvalue weighted by Gasteiger charge is 2.42. The Kier molecular flexibility index (Phi) is 3.17. The number of nitrogens with one attached hydrogen (secondary N) is 1. The number of aromatic nitrogens is 3. The van der Waals surface area contributed by atoms with Crippen LogP contribution in [0.1, 0.15) is 25.7 Å². The zero-order valence-electron chi connectivity index (χ0n) is 12.2. The van der Waals surface area contributed by atoms with E-state index < -0.39 is 0 Å². The van der Waals surface area contributed by atoms with Crippen LogP contribution < -0.4 is 10.9 Å². The average molecular weight is 298 g/mol. The molecule has 2 saturated carbocycles. The molecule has 2 aromatic rings. The first-order valence-corrected chi connectivity index (χ1v) is 7.84. The highest BCUT2D eigenvalue weighted by atomic mass is 16.2. The maximum Gasteiger partial charge on any atom is 0.278 e. The van der Waals surface area contributed by atoms with Crippen molar-refractivity contribution >= 4 is 16.8 Å². The molecule has 0 bridgehead atoms. The lowest BCUT2D eigenvalue weighted by atomic mass is 10.1. The number of carbonyl (C=O) groups is 1. The highest BCUT2D eigenvalue weighted by Crippen LogP contribution is 2.44. The number of benzene rings is 1. The number of hydrogen-bond donors (Lipinski definition) is 1. The summed E-state index contributed by atoms with van der Waals surface area (Å²) in [5, 5.41) is 11.5. The van der Waals surface area contributed by atoms with Crippen molar-refractivity contribution in [1.29, 1.82) is 0 Å². The summed E-state index contributed by atoms with van der Waals surface area (Å²) in [5.74, 6) is 1.13. The van der Waals surface area contributed by atoms with Gasteiger partial charge < -0.3 is 5.32 Å². The molecule has 4 rings (SSSR count). The lowest BCUT2D eigenvalue weighted by molar-refractivity contribution is -0.123. The molecule has 0 aliphatic heterocycles. The zero-order valence-corrected chi connectivity index (χ0v) is 12.2. The van der Waals surface area contributed by atoms with Gasteiger partial charge in [0.05, 0.1) is 5.39 Å². The fourth-order valence-corrected chi connectivity index (χ4v) is 3.03. The molecular weight excluding hydrogens is 280 g/mol. The van der Waals surface area contributed by atoms with E-state index in [4.69, 9.17) is 0 Å². The summed E-state index contributed by atoms with van der Waals surface area (Å²) < 4.78 is 1.15. The third kappa shape index (κ3) is 2.61. The van der Waals surface area contributed by atoms with Gasteiger partial charge in [0.1, 0.15) is 12.1 Å². The van der Waals surface area contributed by atoms with Crippen LogP contribution in [0.25, 0.3) is 10.9 Å². The molecule has 22 heavy (non-hydrogen) atoms. The predicted octanol–water partition coefficient (Wildman–Crippen LogP) is 1.10. The van der Waals surface area contributed by atoms with Gasteiger partial charge in [0, 0.05) is 6.04 Å². The molecule has 2 aliphatic carbocycles. The third-order valence-electron chi connectivity index (χ3n) is 4.51. The molecule has 6 heteroatoms. The molecule has 1 aromatic carbocycles. The van der Waals surface area contributed by atoms with Crippen molar-refractivity contribution < 1.29 is 4.79 Å². The molecule has 6 nitrogen and oxygen atoms in total. The van der Waals surface area contributed by atoms with Crippen molar-refractivity contribution in [3.8, 4) is 0 Å². The van der Waals surface area contributed by atoms with Crippen molar-refractivity contribution in [2.75, 3.05) is 0 Å². The summed E-state index contributed by atoms with van der Waals surface area (Å²) in [7, 11) is 0. The second kappa shape index (κ2) is 5.19. The van der Waals surface area contributed by atoms with Gasteiger partial charge in [0.2, 0.25) is 5.91 Å². The molecule has 0 saturated heterocycles. The van der Waals surface area contributed by atoms with Crippen LogP contribution in [0.2, 0.25) is 0 Å². The van der Waals surface area contributed by atoms with Crippen LogP contribution in [0.15, 0.2) is 29.1 Å². The number of fused-ring (bicyclic) bond motifs is 1. The lowest BCUT2D eigenvalue weighted by Crippen LogP contribution is -2.42. The largest absolute Gasteiger partial charge is 0.351 e. The first kappa shape index (κ1) is 13.4. The third-order valence-corrected chi connectivity index (χ3v) is 4.51. The fraction of sp³-hybridized carbons (Fsp3) is 0.500. The molecule has 0 unspecified atom stereocenters. The van der Waals surface area contributed by atoms with Crippen LogP contribution in [0.3, 0.4) is 0 Å². The van der Waals surface area contributed by atoms with Gasteiger partial charge in [-0.3, -0.25) is 9.59 Å². The summed E-state index contributed by atoms with van der Waals surface area (Å²) in [4.78, 5) is 24.6. The van der Waals surface area contributed by atoms with Crippen molar-refractivity contribution in [1.82, 2.24) is 20.3 Å². The maximum absolute atomic E-state index is 12.3. The van der Waals surface area contributed by atoms with Gasteiger partial charge in [0.15, 0.2) is 0 Å². The van der Waals surface area contributed by atoms with Crippen LogP contribution in [0, 0.1) is 11.8 Å². The minimum Gasteiger partial charge on any atom is -0.351 e. The summed E-state index contributed by atoms with van der Waals surface area (Å²) in [6.45, 7) is -0.0629. The second-order valence-corrected chi connectivity index (χ2v) is 6.34. The van der Waals surface area contributed by atoms with E-state index in [2.05, 4.69) is 15.6 Å². The Morgan fingerprint density at radius 1 is 1.23 bits per heavy atom. The SMILES string of the molecule is O=C(Cn1nnc2ccccc2c1=O)NC(C1CC1)C1CC1. The predicted molar refractivity (Wildman–Crippen MR) is 81.2 cm³/mol. The van der Waals surface area contributed by atoms with Crippen molar-refractivity contribution in [3.63, 3.8) is 0 Å². The normalized spacial score (nSPS) is 17.9. The molecule has 2 fully saturated rings. The Balaban J connectivity index is 1.51. The molecule has 0 spiro atoms. The Labute approximate surface area is 127 Å². The molecule has 1 N–H and O–H groups in total. The molecule has 1 aromatic heterocycles. The molecule has 0 atom stereocenters. The van der Waals surface area contributed by atoms with Crippen LogP contribution in [-0.4, -0.2) is 26.9 Å². The van der Waals surface area contributed by atoms with Crippen molar-refractivity contribution in [2.24, 2.45) is 11.8 Å². The van der Waals surface area contributed by atoms with Gasteiger partial charge in [-0.15, -0.1) is 5.10 Å². The minimum absolute atomic E-state index is 0.0629.